The van der Waals surface area contributed by atoms with Crippen LogP contribution < -0.4 is 5.32 Å². The molecule has 1 N–H and O–H groups in total. The minimum absolute atomic E-state index is 0.130. The molecule has 0 saturated carbocycles. The van der Waals surface area contributed by atoms with Gasteiger partial charge in [0, 0.05) is 5.02 Å². The van der Waals surface area contributed by atoms with Crippen molar-refractivity contribution in [3.63, 3.8) is 0 Å². The normalized spacial score (nSPS) is 12.7. The molecule has 21 heavy (non-hydrogen) atoms. The molecule has 112 valence electrons. The minimum atomic E-state index is 0.130. The van der Waals surface area contributed by atoms with Crippen LogP contribution in [0.4, 0.5) is 0 Å². The van der Waals surface area contributed by atoms with Gasteiger partial charge in [-0.3, -0.25) is 0 Å². The Bertz CT molecular complexity index is 587. The van der Waals surface area contributed by atoms with Crippen LogP contribution in [-0.2, 0) is 6.42 Å². The van der Waals surface area contributed by atoms with Gasteiger partial charge in [-0.25, -0.2) is 0 Å². The van der Waals surface area contributed by atoms with Crippen LogP contribution >= 0.6 is 11.6 Å². The molecule has 0 aliphatic heterocycles. The van der Waals surface area contributed by atoms with E-state index in [0.29, 0.717) is 5.92 Å². The van der Waals surface area contributed by atoms with E-state index in [4.69, 9.17) is 11.6 Å². The van der Waals surface area contributed by atoms with Crippen LogP contribution in [0.15, 0.2) is 42.5 Å². The third kappa shape index (κ3) is 3.87. The summed E-state index contributed by atoms with van der Waals surface area (Å²) < 4.78 is 0. The topological polar surface area (TPSA) is 12.0 Å². The molecule has 0 spiro atoms. The molecule has 1 atom stereocenters. The zero-order chi connectivity index (χ0) is 15.4. The number of benzene rings is 2. The monoisotopic (exact) mass is 301 g/mol. The number of rotatable bonds is 5. The van der Waals surface area contributed by atoms with Gasteiger partial charge in [0.15, 0.2) is 0 Å². The van der Waals surface area contributed by atoms with Crippen molar-refractivity contribution in [3.05, 3.63) is 69.7 Å². The van der Waals surface area contributed by atoms with Crippen LogP contribution in [0.3, 0.4) is 0 Å². The first-order valence-corrected chi connectivity index (χ1v) is 7.91. The Hall–Kier alpha value is -1.31. The predicted molar refractivity (Wildman–Crippen MR) is 92.1 cm³/mol. The fourth-order valence-corrected chi connectivity index (χ4v) is 2.95. The molecule has 2 aromatic rings. The Morgan fingerprint density at radius 3 is 2.29 bits per heavy atom. The summed E-state index contributed by atoms with van der Waals surface area (Å²) in [5, 5.41) is 4.23. The van der Waals surface area contributed by atoms with Gasteiger partial charge in [-0.1, -0.05) is 67.9 Å². The molecular formula is C19H24ClN. The second-order valence-corrected chi connectivity index (χ2v) is 6.42. The van der Waals surface area contributed by atoms with E-state index in [1.54, 1.807) is 0 Å². The van der Waals surface area contributed by atoms with Crippen molar-refractivity contribution in [3.8, 4) is 0 Å². The first-order valence-electron chi connectivity index (χ1n) is 7.54. The Morgan fingerprint density at radius 1 is 1.05 bits per heavy atom. The molecular weight excluding hydrogens is 278 g/mol. The van der Waals surface area contributed by atoms with Crippen molar-refractivity contribution >= 4 is 11.6 Å². The van der Waals surface area contributed by atoms with Gasteiger partial charge in [0.25, 0.3) is 0 Å². The standard InChI is InChI=1S/C19H24ClN/c1-13(2)12-15-8-10-16(11-9-15)19(21-4)17-7-5-6-14(3)18(17)20/h5-11,13,19,21H,12H2,1-4H3. The SMILES string of the molecule is CNC(c1ccc(CC(C)C)cc1)c1cccc(C)c1Cl. The first kappa shape index (κ1) is 16.1. The molecule has 2 heteroatoms. The average Bonchev–Trinajstić information content (AvgIpc) is 2.45. The molecule has 0 aliphatic rings. The summed E-state index contributed by atoms with van der Waals surface area (Å²) in [6.45, 7) is 6.54. The van der Waals surface area contributed by atoms with Crippen molar-refractivity contribution in [2.45, 2.75) is 33.2 Å². The van der Waals surface area contributed by atoms with Gasteiger partial charge in [-0.05, 0) is 48.6 Å². The van der Waals surface area contributed by atoms with Crippen molar-refractivity contribution in [1.29, 1.82) is 0 Å². The zero-order valence-electron chi connectivity index (χ0n) is 13.3. The van der Waals surface area contributed by atoms with Gasteiger partial charge < -0.3 is 5.32 Å². The first-order chi connectivity index (χ1) is 10.0. The minimum Gasteiger partial charge on any atom is -0.309 e. The fraction of sp³-hybridized carbons (Fsp3) is 0.368. The molecule has 0 bridgehead atoms. The van der Waals surface area contributed by atoms with E-state index in [9.17, 15) is 0 Å². The lowest BCUT2D eigenvalue weighted by Gasteiger charge is -2.20. The summed E-state index contributed by atoms with van der Waals surface area (Å²) in [7, 11) is 1.98. The number of hydrogen-bond donors (Lipinski definition) is 1. The maximum atomic E-state index is 6.48. The maximum Gasteiger partial charge on any atom is 0.0589 e. The highest BCUT2D eigenvalue weighted by Crippen LogP contribution is 2.30. The van der Waals surface area contributed by atoms with Crippen LogP contribution in [0, 0.1) is 12.8 Å². The molecule has 1 unspecified atom stereocenters. The lowest BCUT2D eigenvalue weighted by Crippen LogP contribution is -2.18. The third-order valence-corrected chi connectivity index (χ3v) is 4.29. The summed E-state index contributed by atoms with van der Waals surface area (Å²) in [5.74, 6) is 0.683. The summed E-state index contributed by atoms with van der Waals surface area (Å²) in [6, 6.07) is 15.2. The maximum absolute atomic E-state index is 6.48. The number of nitrogens with one attached hydrogen (secondary N) is 1. The molecule has 0 amide bonds. The second kappa shape index (κ2) is 7.11. The molecule has 0 radical (unpaired) electrons. The van der Waals surface area contributed by atoms with E-state index in [1.807, 2.05) is 20.0 Å². The van der Waals surface area contributed by atoms with E-state index < -0.39 is 0 Å². The van der Waals surface area contributed by atoms with E-state index >= 15 is 0 Å². The molecule has 2 aromatic carbocycles. The van der Waals surface area contributed by atoms with Gasteiger partial charge in [-0.15, -0.1) is 0 Å². The lowest BCUT2D eigenvalue weighted by molar-refractivity contribution is 0.645. The zero-order valence-corrected chi connectivity index (χ0v) is 14.0. The molecule has 0 saturated heterocycles. The fourth-order valence-electron chi connectivity index (χ4n) is 2.71. The van der Waals surface area contributed by atoms with E-state index in [1.165, 1.54) is 11.1 Å². The lowest BCUT2D eigenvalue weighted by atomic mass is 9.95. The number of aryl methyl sites for hydroxylation is 1. The van der Waals surface area contributed by atoms with Crippen LogP contribution in [0.25, 0.3) is 0 Å². The van der Waals surface area contributed by atoms with E-state index in [2.05, 4.69) is 55.6 Å². The highest BCUT2D eigenvalue weighted by atomic mass is 35.5. The molecule has 0 heterocycles. The van der Waals surface area contributed by atoms with Crippen LogP contribution in [-0.4, -0.2) is 7.05 Å². The average molecular weight is 302 g/mol. The summed E-state index contributed by atoms with van der Waals surface area (Å²) in [4.78, 5) is 0. The van der Waals surface area contributed by atoms with Crippen molar-refractivity contribution < 1.29 is 0 Å². The van der Waals surface area contributed by atoms with Gasteiger partial charge in [0.2, 0.25) is 0 Å². The van der Waals surface area contributed by atoms with Crippen LogP contribution in [0.5, 0.6) is 0 Å². The Balaban J connectivity index is 2.31. The van der Waals surface area contributed by atoms with Crippen LogP contribution in [0.2, 0.25) is 5.02 Å². The smallest absolute Gasteiger partial charge is 0.0589 e. The summed E-state index contributed by atoms with van der Waals surface area (Å²) in [6.07, 6.45) is 1.12. The number of hydrogen-bond acceptors (Lipinski definition) is 1. The highest BCUT2D eigenvalue weighted by Gasteiger charge is 2.16. The van der Waals surface area contributed by atoms with Gasteiger partial charge in [0.1, 0.15) is 0 Å². The Labute approximate surface area is 133 Å². The second-order valence-electron chi connectivity index (χ2n) is 6.04. The van der Waals surface area contributed by atoms with Crippen molar-refractivity contribution in [2.75, 3.05) is 7.05 Å². The van der Waals surface area contributed by atoms with E-state index in [-0.39, 0.29) is 6.04 Å². The van der Waals surface area contributed by atoms with Gasteiger partial charge >= 0.3 is 0 Å². The third-order valence-electron chi connectivity index (χ3n) is 3.78. The Morgan fingerprint density at radius 2 is 1.71 bits per heavy atom. The quantitative estimate of drug-likeness (QED) is 0.804. The largest absolute Gasteiger partial charge is 0.309 e. The number of halogens is 1. The van der Waals surface area contributed by atoms with Gasteiger partial charge in [0.05, 0.1) is 6.04 Å². The molecule has 1 nitrogen and oxygen atoms in total. The molecule has 0 fully saturated rings. The van der Waals surface area contributed by atoms with E-state index in [0.717, 1.165) is 22.6 Å². The van der Waals surface area contributed by atoms with Crippen LogP contribution in [0.1, 0.15) is 42.1 Å². The summed E-state index contributed by atoms with van der Waals surface area (Å²) >= 11 is 6.48. The molecule has 0 aromatic heterocycles. The summed E-state index contributed by atoms with van der Waals surface area (Å²) in [5.41, 5.74) is 4.89. The molecule has 0 aliphatic carbocycles. The van der Waals surface area contributed by atoms with Crippen molar-refractivity contribution in [2.24, 2.45) is 5.92 Å². The van der Waals surface area contributed by atoms with Gasteiger partial charge in [-0.2, -0.15) is 0 Å². The Kier molecular flexibility index (Phi) is 5.44. The molecule has 2 rings (SSSR count). The highest BCUT2D eigenvalue weighted by molar-refractivity contribution is 6.32. The van der Waals surface area contributed by atoms with Crippen molar-refractivity contribution in [1.82, 2.24) is 5.32 Å². The predicted octanol–water partition coefficient (Wildman–Crippen LogP) is 5.16.